The van der Waals surface area contributed by atoms with Gasteiger partial charge in [0.15, 0.2) is 0 Å². The van der Waals surface area contributed by atoms with Crippen molar-refractivity contribution in [3.8, 4) is 0 Å². The summed E-state index contributed by atoms with van der Waals surface area (Å²) in [5.41, 5.74) is 6.21. The maximum Gasteiger partial charge on any atom is 0.244 e. The van der Waals surface area contributed by atoms with Gasteiger partial charge in [-0.05, 0) is 32.6 Å². The molecular weight excluding hydrogens is 264 g/mol. The third-order valence-electron chi connectivity index (χ3n) is 3.83. The molecule has 1 aromatic heterocycles. The van der Waals surface area contributed by atoms with Crippen LogP contribution in [0.3, 0.4) is 0 Å². The average molecular weight is 286 g/mol. The summed E-state index contributed by atoms with van der Waals surface area (Å²) in [6, 6.07) is 0. The van der Waals surface area contributed by atoms with E-state index in [0.29, 0.717) is 29.5 Å². The van der Waals surface area contributed by atoms with Crippen LogP contribution in [0.2, 0.25) is 0 Å². The highest BCUT2D eigenvalue weighted by molar-refractivity contribution is 7.89. The molecule has 108 valence electrons. The Balaban J connectivity index is 2.19. The van der Waals surface area contributed by atoms with Gasteiger partial charge in [0.2, 0.25) is 10.0 Å². The lowest BCUT2D eigenvalue weighted by molar-refractivity contribution is 0.491. The fourth-order valence-electron chi connectivity index (χ4n) is 2.81. The van der Waals surface area contributed by atoms with E-state index < -0.39 is 10.0 Å². The quantitative estimate of drug-likeness (QED) is 0.864. The highest BCUT2D eigenvalue weighted by atomic mass is 32.2. The molecule has 0 aliphatic heterocycles. The Kier molecular flexibility index (Phi) is 4.32. The van der Waals surface area contributed by atoms with Gasteiger partial charge in [-0.1, -0.05) is 12.8 Å². The Labute approximate surface area is 114 Å². The normalized spacial score (nSPS) is 17.2. The van der Waals surface area contributed by atoms with Crippen molar-refractivity contribution in [1.29, 1.82) is 0 Å². The molecule has 5 nitrogen and oxygen atoms in total. The van der Waals surface area contributed by atoms with Gasteiger partial charge in [-0.15, -0.1) is 0 Å². The van der Waals surface area contributed by atoms with Crippen LogP contribution in [0.1, 0.15) is 42.8 Å². The third-order valence-corrected chi connectivity index (χ3v) is 5.45. The summed E-state index contributed by atoms with van der Waals surface area (Å²) >= 11 is 0. The average Bonchev–Trinajstić information content (AvgIpc) is 2.94. The van der Waals surface area contributed by atoms with Crippen LogP contribution in [0.15, 0.2) is 9.31 Å². The van der Waals surface area contributed by atoms with Gasteiger partial charge in [-0.3, -0.25) is 0 Å². The van der Waals surface area contributed by atoms with Crippen molar-refractivity contribution in [2.45, 2.75) is 51.0 Å². The molecule has 1 aliphatic rings. The van der Waals surface area contributed by atoms with E-state index in [1.54, 1.807) is 13.8 Å². The monoisotopic (exact) mass is 286 g/mol. The Bertz CT molecular complexity index is 542. The number of nitrogens with two attached hydrogens (primary N) is 1. The van der Waals surface area contributed by atoms with Gasteiger partial charge in [0.1, 0.15) is 16.4 Å². The number of hydrogen-bond donors (Lipinski definition) is 2. The SMILES string of the molecule is Cc1oc(C)c(S(=O)(=O)NCC2CCCC2)c1CN. The van der Waals surface area contributed by atoms with Crippen molar-refractivity contribution >= 4 is 10.0 Å². The smallest absolute Gasteiger partial charge is 0.244 e. The summed E-state index contributed by atoms with van der Waals surface area (Å²) in [5.74, 6) is 1.46. The van der Waals surface area contributed by atoms with E-state index in [1.807, 2.05) is 0 Å². The second-order valence-electron chi connectivity index (χ2n) is 5.23. The largest absolute Gasteiger partial charge is 0.465 e. The van der Waals surface area contributed by atoms with E-state index in [2.05, 4.69) is 4.72 Å². The van der Waals surface area contributed by atoms with Crippen molar-refractivity contribution in [1.82, 2.24) is 4.72 Å². The highest BCUT2D eigenvalue weighted by Gasteiger charge is 2.27. The van der Waals surface area contributed by atoms with Gasteiger partial charge in [0, 0.05) is 18.7 Å². The minimum Gasteiger partial charge on any atom is -0.465 e. The van der Waals surface area contributed by atoms with E-state index in [9.17, 15) is 8.42 Å². The summed E-state index contributed by atoms with van der Waals surface area (Å²) in [5, 5.41) is 0. The molecule has 0 saturated heterocycles. The fraction of sp³-hybridized carbons (Fsp3) is 0.692. The number of nitrogens with one attached hydrogen (secondary N) is 1. The van der Waals surface area contributed by atoms with E-state index >= 15 is 0 Å². The molecule has 1 fully saturated rings. The lowest BCUT2D eigenvalue weighted by Gasteiger charge is -2.11. The first kappa shape index (κ1) is 14.6. The molecule has 0 amide bonds. The number of hydrogen-bond acceptors (Lipinski definition) is 4. The zero-order valence-corrected chi connectivity index (χ0v) is 12.3. The molecule has 19 heavy (non-hydrogen) atoms. The van der Waals surface area contributed by atoms with E-state index in [0.717, 1.165) is 12.8 Å². The van der Waals surface area contributed by atoms with E-state index in [1.165, 1.54) is 12.8 Å². The Morgan fingerprint density at radius 2 is 1.89 bits per heavy atom. The minimum absolute atomic E-state index is 0.169. The predicted octanol–water partition coefficient (Wildman–Crippen LogP) is 1.82. The highest BCUT2D eigenvalue weighted by Crippen LogP contribution is 2.27. The van der Waals surface area contributed by atoms with E-state index in [4.69, 9.17) is 10.2 Å². The summed E-state index contributed by atoms with van der Waals surface area (Å²) < 4.78 is 32.9. The summed E-state index contributed by atoms with van der Waals surface area (Å²) in [6.07, 6.45) is 4.61. The van der Waals surface area contributed by atoms with Crippen LogP contribution in [-0.4, -0.2) is 15.0 Å². The maximum atomic E-state index is 12.4. The lowest BCUT2D eigenvalue weighted by Crippen LogP contribution is -2.29. The molecule has 0 unspecified atom stereocenters. The summed E-state index contributed by atoms with van der Waals surface area (Å²) in [7, 11) is -3.52. The molecule has 1 saturated carbocycles. The molecule has 1 aromatic rings. The van der Waals surface area contributed by atoms with Crippen LogP contribution in [0.25, 0.3) is 0 Å². The second-order valence-corrected chi connectivity index (χ2v) is 6.93. The Hall–Kier alpha value is -0.850. The number of sulfonamides is 1. The lowest BCUT2D eigenvalue weighted by atomic mass is 10.1. The molecule has 6 heteroatoms. The van der Waals surface area contributed by atoms with Gasteiger partial charge in [0.05, 0.1) is 0 Å². The van der Waals surface area contributed by atoms with Crippen molar-refractivity contribution in [3.63, 3.8) is 0 Å². The summed E-state index contributed by atoms with van der Waals surface area (Å²) in [6.45, 7) is 4.08. The van der Waals surface area contributed by atoms with Crippen molar-refractivity contribution < 1.29 is 12.8 Å². The molecule has 0 radical (unpaired) electrons. The number of furan rings is 1. The Morgan fingerprint density at radius 3 is 2.47 bits per heavy atom. The van der Waals surface area contributed by atoms with Crippen LogP contribution in [0.5, 0.6) is 0 Å². The molecule has 0 spiro atoms. The molecule has 0 atom stereocenters. The molecular formula is C13H22N2O3S. The van der Waals surface area contributed by atoms with Gasteiger partial charge in [-0.25, -0.2) is 13.1 Å². The van der Waals surface area contributed by atoms with Crippen molar-refractivity contribution in [3.05, 3.63) is 17.1 Å². The van der Waals surface area contributed by atoms with Crippen LogP contribution in [0.4, 0.5) is 0 Å². The van der Waals surface area contributed by atoms with Gasteiger partial charge < -0.3 is 10.2 Å². The molecule has 3 N–H and O–H groups in total. The number of aryl methyl sites for hydroxylation is 2. The van der Waals surface area contributed by atoms with Crippen LogP contribution in [-0.2, 0) is 16.6 Å². The molecule has 1 aliphatic carbocycles. The third kappa shape index (κ3) is 3.01. The minimum atomic E-state index is -3.52. The van der Waals surface area contributed by atoms with Crippen LogP contribution in [0, 0.1) is 19.8 Å². The van der Waals surface area contributed by atoms with Gasteiger partial charge in [0.25, 0.3) is 0 Å². The zero-order chi connectivity index (χ0) is 14.0. The van der Waals surface area contributed by atoms with E-state index in [-0.39, 0.29) is 11.4 Å². The molecule has 0 bridgehead atoms. The Morgan fingerprint density at radius 1 is 1.26 bits per heavy atom. The van der Waals surface area contributed by atoms with Gasteiger partial charge >= 0.3 is 0 Å². The molecule has 0 aromatic carbocycles. The summed E-state index contributed by atoms with van der Waals surface area (Å²) in [4.78, 5) is 0.227. The number of rotatable bonds is 5. The maximum absolute atomic E-state index is 12.4. The molecule has 1 heterocycles. The fourth-order valence-corrected chi connectivity index (χ4v) is 4.38. The first-order valence-electron chi connectivity index (χ1n) is 6.74. The van der Waals surface area contributed by atoms with Gasteiger partial charge in [-0.2, -0.15) is 0 Å². The standard InChI is InChI=1S/C13H22N2O3S/c1-9-12(7-14)13(10(2)18-9)19(16,17)15-8-11-5-3-4-6-11/h11,15H,3-8,14H2,1-2H3. The van der Waals surface area contributed by atoms with Crippen molar-refractivity contribution in [2.75, 3.05) is 6.54 Å². The van der Waals surface area contributed by atoms with Crippen molar-refractivity contribution in [2.24, 2.45) is 11.7 Å². The first-order valence-corrected chi connectivity index (χ1v) is 8.22. The van der Waals surface area contributed by atoms with Crippen LogP contribution < -0.4 is 10.5 Å². The molecule has 2 rings (SSSR count). The van der Waals surface area contributed by atoms with Crippen LogP contribution >= 0.6 is 0 Å². The predicted molar refractivity (Wildman–Crippen MR) is 73.2 cm³/mol. The second kappa shape index (κ2) is 5.64. The zero-order valence-electron chi connectivity index (χ0n) is 11.5. The first-order chi connectivity index (χ1) is 8.95. The topological polar surface area (TPSA) is 85.3 Å².